The van der Waals surface area contributed by atoms with Crippen molar-refractivity contribution < 1.29 is 10.3 Å². The number of phenolic OH excluding ortho intramolecular Hbond substituents is 1. The number of rotatable bonds is 5. The van der Waals surface area contributed by atoms with Crippen molar-refractivity contribution in [2.24, 2.45) is 10.9 Å². The average molecular weight is 381 g/mol. The van der Waals surface area contributed by atoms with Crippen LogP contribution in [0, 0.1) is 13.8 Å². The molecule has 1 heterocycles. The van der Waals surface area contributed by atoms with Gasteiger partial charge in [0.2, 0.25) is 0 Å². The largest absolute Gasteiger partial charge is 0.508 e. The summed E-state index contributed by atoms with van der Waals surface area (Å²) >= 11 is 1.69. The molecule has 0 spiro atoms. The van der Waals surface area contributed by atoms with E-state index in [1.165, 1.54) is 4.88 Å². The molecule has 3 rings (SSSR count). The third kappa shape index (κ3) is 3.69. The van der Waals surface area contributed by atoms with Crippen molar-refractivity contribution in [3.63, 3.8) is 0 Å². The number of phenols is 1. The fraction of sp³-hybridized carbons (Fsp3) is 0.227. The highest BCUT2D eigenvalue weighted by atomic mass is 32.1. The Balaban J connectivity index is 2.41. The summed E-state index contributed by atoms with van der Waals surface area (Å²) < 4.78 is 0. The van der Waals surface area contributed by atoms with E-state index in [9.17, 15) is 10.3 Å². The molecule has 1 aromatic heterocycles. The van der Waals surface area contributed by atoms with E-state index in [0.29, 0.717) is 0 Å². The molecule has 140 valence electrons. The highest BCUT2D eigenvalue weighted by Crippen LogP contribution is 2.42. The van der Waals surface area contributed by atoms with Crippen molar-refractivity contribution >= 4 is 17.2 Å². The lowest BCUT2D eigenvalue weighted by molar-refractivity contribution is 0.318. The number of benzene rings is 2. The van der Waals surface area contributed by atoms with Crippen molar-refractivity contribution in [3.8, 4) is 28.0 Å². The first-order valence-corrected chi connectivity index (χ1v) is 9.83. The monoisotopic (exact) mass is 380 g/mol. The van der Waals surface area contributed by atoms with E-state index in [4.69, 9.17) is 5.73 Å². The van der Waals surface area contributed by atoms with Crippen molar-refractivity contribution in [3.05, 3.63) is 63.3 Å². The Kier molecular flexibility index (Phi) is 5.51. The number of oxime groups is 1. The fourth-order valence-corrected chi connectivity index (χ4v) is 4.33. The minimum absolute atomic E-state index is 0.105. The SMILES string of the molecule is CCCc1cc(/C(N)=N/O)c(-c2c(C)csc2C)c(-c2ccc(O)cc2)c1. The molecule has 5 heteroatoms. The maximum atomic E-state index is 9.69. The van der Waals surface area contributed by atoms with Crippen molar-refractivity contribution in [1.29, 1.82) is 0 Å². The molecule has 0 saturated carbocycles. The molecule has 0 aliphatic carbocycles. The van der Waals surface area contributed by atoms with Gasteiger partial charge in [-0.1, -0.05) is 36.7 Å². The maximum absolute atomic E-state index is 9.69. The van der Waals surface area contributed by atoms with Gasteiger partial charge in [0, 0.05) is 16.0 Å². The zero-order valence-corrected chi connectivity index (χ0v) is 16.6. The first-order valence-electron chi connectivity index (χ1n) is 8.95. The van der Waals surface area contributed by atoms with Crippen LogP contribution in [0.3, 0.4) is 0 Å². The van der Waals surface area contributed by atoms with Crippen LogP contribution >= 0.6 is 11.3 Å². The van der Waals surface area contributed by atoms with E-state index in [1.807, 2.05) is 18.2 Å². The van der Waals surface area contributed by atoms with Crippen LogP contribution in [0.25, 0.3) is 22.3 Å². The van der Waals surface area contributed by atoms with Crippen molar-refractivity contribution in [2.45, 2.75) is 33.6 Å². The Morgan fingerprint density at radius 1 is 1.11 bits per heavy atom. The average Bonchev–Trinajstić information content (AvgIpc) is 2.99. The van der Waals surface area contributed by atoms with Crippen LogP contribution in [0.15, 0.2) is 46.9 Å². The molecule has 0 aliphatic heterocycles. The summed E-state index contributed by atoms with van der Waals surface area (Å²) in [5.74, 6) is 0.331. The lowest BCUT2D eigenvalue weighted by Crippen LogP contribution is -2.16. The third-order valence-electron chi connectivity index (χ3n) is 4.71. The van der Waals surface area contributed by atoms with Crippen molar-refractivity contribution in [2.75, 3.05) is 0 Å². The van der Waals surface area contributed by atoms with Gasteiger partial charge in [0.1, 0.15) is 5.75 Å². The number of aryl methyl sites for hydroxylation is 3. The summed E-state index contributed by atoms with van der Waals surface area (Å²) in [5.41, 5.74) is 13.2. The maximum Gasteiger partial charge on any atom is 0.170 e. The summed E-state index contributed by atoms with van der Waals surface area (Å²) in [6.45, 7) is 6.30. The molecular weight excluding hydrogens is 356 g/mol. The van der Waals surface area contributed by atoms with Gasteiger partial charge >= 0.3 is 0 Å². The molecule has 0 bridgehead atoms. The Hall–Kier alpha value is -2.79. The van der Waals surface area contributed by atoms with Gasteiger partial charge < -0.3 is 16.0 Å². The second-order valence-corrected chi connectivity index (χ2v) is 7.78. The van der Waals surface area contributed by atoms with Gasteiger partial charge in [0.25, 0.3) is 0 Å². The third-order valence-corrected chi connectivity index (χ3v) is 5.74. The number of nitrogens with zero attached hydrogens (tertiary/aromatic N) is 1. The Labute approximate surface area is 163 Å². The zero-order valence-electron chi connectivity index (χ0n) is 15.8. The molecule has 0 unspecified atom stereocenters. The van der Waals surface area contributed by atoms with Crippen LogP contribution in [-0.4, -0.2) is 16.1 Å². The van der Waals surface area contributed by atoms with E-state index >= 15 is 0 Å². The number of thiophene rings is 1. The van der Waals surface area contributed by atoms with Gasteiger partial charge in [-0.2, -0.15) is 0 Å². The lowest BCUT2D eigenvalue weighted by Gasteiger charge is -2.18. The van der Waals surface area contributed by atoms with Crippen LogP contribution in [-0.2, 0) is 6.42 Å². The van der Waals surface area contributed by atoms with Gasteiger partial charge in [-0.3, -0.25) is 0 Å². The van der Waals surface area contributed by atoms with Gasteiger partial charge in [0.15, 0.2) is 5.84 Å². The van der Waals surface area contributed by atoms with Crippen LogP contribution in [0.2, 0.25) is 0 Å². The molecule has 0 aliphatic rings. The van der Waals surface area contributed by atoms with Crippen LogP contribution in [0.4, 0.5) is 0 Å². The fourth-order valence-electron chi connectivity index (χ4n) is 3.47. The van der Waals surface area contributed by atoms with Gasteiger partial charge in [-0.15, -0.1) is 11.3 Å². The van der Waals surface area contributed by atoms with Crippen LogP contribution in [0.5, 0.6) is 5.75 Å². The normalized spacial score (nSPS) is 11.7. The molecule has 0 fully saturated rings. The molecule has 2 aromatic carbocycles. The van der Waals surface area contributed by atoms with Gasteiger partial charge in [-0.25, -0.2) is 0 Å². The summed E-state index contributed by atoms with van der Waals surface area (Å²) in [5, 5.41) is 24.5. The lowest BCUT2D eigenvalue weighted by atomic mass is 9.86. The molecular formula is C22H24N2O2S. The minimum atomic E-state index is 0.105. The number of aromatic hydroxyl groups is 1. The number of amidine groups is 1. The van der Waals surface area contributed by atoms with Crippen LogP contribution < -0.4 is 5.73 Å². The summed E-state index contributed by atoms with van der Waals surface area (Å²) in [4.78, 5) is 1.18. The second-order valence-electron chi connectivity index (χ2n) is 6.70. The predicted molar refractivity (Wildman–Crippen MR) is 113 cm³/mol. The number of hydrogen-bond donors (Lipinski definition) is 3. The molecule has 0 atom stereocenters. The van der Waals surface area contributed by atoms with E-state index in [0.717, 1.165) is 51.8 Å². The van der Waals surface area contributed by atoms with E-state index < -0.39 is 0 Å². The topological polar surface area (TPSA) is 78.8 Å². The zero-order chi connectivity index (χ0) is 19.6. The quantitative estimate of drug-likeness (QED) is 0.238. The molecule has 3 aromatic rings. The Morgan fingerprint density at radius 3 is 2.37 bits per heavy atom. The second kappa shape index (κ2) is 7.84. The summed E-state index contributed by atoms with van der Waals surface area (Å²) in [6.07, 6.45) is 1.90. The number of hydrogen-bond acceptors (Lipinski definition) is 4. The molecule has 0 radical (unpaired) electrons. The van der Waals surface area contributed by atoms with Crippen molar-refractivity contribution in [1.82, 2.24) is 0 Å². The van der Waals surface area contributed by atoms with Crippen LogP contribution in [0.1, 0.15) is 34.9 Å². The first kappa shape index (κ1) is 19.0. The summed E-state index contributed by atoms with van der Waals surface area (Å²) in [6, 6.07) is 11.4. The minimum Gasteiger partial charge on any atom is -0.508 e. The standard InChI is InChI=1S/C22H24N2O2S/c1-4-5-15-10-18(16-6-8-17(25)9-7-16)21(19(11-15)22(23)24-26)20-13(2)12-27-14(20)3/h6-12,25-26H,4-5H2,1-3H3,(H2,23,24). The smallest absolute Gasteiger partial charge is 0.170 e. The number of nitrogens with two attached hydrogens (primary N) is 1. The Morgan fingerprint density at radius 2 is 1.81 bits per heavy atom. The Bertz CT molecular complexity index is 969. The van der Waals surface area contributed by atoms with E-state index in [1.54, 1.807) is 23.5 Å². The first-order chi connectivity index (χ1) is 13.0. The molecule has 0 saturated heterocycles. The highest BCUT2D eigenvalue weighted by Gasteiger charge is 2.21. The van der Waals surface area contributed by atoms with Gasteiger partial charge in [-0.05, 0) is 71.7 Å². The highest BCUT2D eigenvalue weighted by molar-refractivity contribution is 7.10. The van der Waals surface area contributed by atoms with E-state index in [2.05, 4.69) is 37.4 Å². The molecule has 4 N–H and O–H groups in total. The molecule has 27 heavy (non-hydrogen) atoms. The summed E-state index contributed by atoms with van der Waals surface area (Å²) in [7, 11) is 0. The predicted octanol–water partition coefficient (Wildman–Crippen LogP) is 5.45. The molecule has 4 nitrogen and oxygen atoms in total. The van der Waals surface area contributed by atoms with E-state index in [-0.39, 0.29) is 11.6 Å². The molecule has 0 amide bonds. The van der Waals surface area contributed by atoms with Gasteiger partial charge in [0.05, 0.1) is 0 Å².